The molecule has 131 heavy (non-hydrogen) atoms. The first kappa shape index (κ1) is 110. The fraction of sp³-hybridized carbons (Fsp3) is 0.220. The number of pyridine rings is 2. The van der Waals surface area contributed by atoms with Crippen LogP contribution < -0.4 is 216 Å². The van der Waals surface area contributed by atoms with Crippen LogP contribution in [-0.2, 0) is 95.5 Å². The number of carbonyl (C=O) groups excluding carboxylic acids is 4. The number of nitrogens with zero attached hydrogens (tertiary/aromatic N) is 8. The van der Waals surface area contributed by atoms with Crippen molar-refractivity contribution < 1.29 is 273 Å². The van der Waals surface area contributed by atoms with Crippen molar-refractivity contribution in [1.29, 1.82) is 0 Å². The minimum atomic E-state index is -5.23. The van der Waals surface area contributed by atoms with E-state index < -0.39 is 111 Å². The standard InChI is InChI=1S/C82H68N13O15S3.6Na.3O3S/c1-94-59-31-25-47(65-69(59)66(53-15-6-8-17-55(53)75(65)98)71(77(94)100)73(96)46-11-4-3-5-12-46)36-44-23-33-61(112(105,106)107)49(37-44)41-64-89-80(84)93-82(91-64)86-51-28-21-43(22-29-51)35-42-19-26-50(27-20-42)85-81-90-63(88-79(83)92-81)39-45-24-34-62(113(108,109)110)58(38-45)87-57-30-32-60-70-67(54-16-7-9-18-56(54)76(99)68(57)70)72(78(101)95(60)2)74(97)48-13-10-14-52(40-48)111(102,103)104;;;;;;;3*1-4(2)3/h3-4,6-18,25,30-34,37-38,40,42-43,50-51,87H,19-22,26-29,35-36,39,41H2,1-2H3,(H,102,103,104)(H,105,106,107)(H,108,109,110)(H3,83,85,88,90,92)(H3,84,86,89,91,93);;;;;;;;;/q-3;6*+1;;;/p-3. The molecule has 7 N–H and O–H groups in total. The van der Waals surface area contributed by atoms with Crippen LogP contribution in [0.15, 0.2) is 170 Å². The van der Waals surface area contributed by atoms with Crippen LogP contribution in [0.2, 0.25) is 0 Å². The summed E-state index contributed by atoms with van der Waals surface area (Å²) in [6.45, 7) is 0. The quantitative estimate of drug-likeness (QED) is 0.0193. The maximum atomic E-state index is 14.8. The minimum Gasteiger partial charge on any atom is -0.754 e. The number of anilines is 6. The Labute approximate surface area is 885 Å². The number of rotatable bonds is 21. The Morgan fingerprint density at radius 2 is 0.885 bits per heavy atom. The van der Waals surface area contributed by atoms with Gasteiger partial charge in [0.2, 0.25) is 23.8 Å². The summed E-state index contributed by atoms with van der Waals surface area (Å²) in [7, 11) is -21.7. The molecule has 0 atom stereocenters. The Hall–Kier alpha value is -7.53. The molecule has 0 spiro atoms. The Kier molecular flexibility index (Phi) is 39.5. The summed E-state index contributed by atoms with van der Waals surface area (Å²) in [6, 6.07) is 43.7. The predicted octanol–water partition coefficient (Wildman–Crippen LogP) is -11.5. The van der Waals surface area contributed by atoms with Gasteiger partial charge in [0, 0.05) is 88.9 Å². The summed E-state index contributed by atoms with van der Waals surface area (Å²) in [5.41, 5.74) is 13.8. The third kappa shape index (κ3) is 25.8. The number of carbonyl (C=O) groups is 4. The number of aromatic nitrogens is 8. The number of hydrogen-bond acceptors (Lipinski definition) is 35. The fourth-order valence-electron chi connectivity index (χ4n) is 16.5. The Bertz CT molecular complexity index is 7350. The summed E-state index contributed by atoms with van der Waals surface area (Å²) in [4.78, 5) is 112. The van der Waals surface area contributed by atoms with Gasteiger partial charge >= 0.3 is 209 Å². The average molecular weight is 1950 g/mol. The zero-order valence-corrected chi connectivity index (χ0v) is 88.0. The van der Waals surface area contributed by atoms with Crippen LogP contribution in [0.4, 0.5) is 35.2 Å². The number of ketones is 4. The van der Waals surface area contributed by atoms with Gasteiger partial charge in [-0.25, -0.2) is 8.42 Å². The molecule has 4 aliphatic carbocycles. The van der Waals surface area contributed by atoms with Gasteiger partial charge in [-0.2, -0.15) is 102 Å². The summed E-state index contributed by atoms with van der Waals surface area (Å²) >= 11 is 0. The zero-order valence-electron chi connectivity index (χ0n) is 71.1. The molecule has 644 valence electrons. The van der Waals surface area contributed by atoms with E-state index in [1.165, 1.54) is 60.1 Å². The molecule has 2 saturated carbocycles. The molecule has 37 nitrogen and oxygen atoms in total. The molecule has 0 bridgehead atoms. The molecule has 0 aliphatic heterocycles. The van der Waals surface area contributed by atoms with Crippen LogP contribution in [0.1, 0.15) is 155 Å². The molecule has 0 saturated heterocycles. The van der Waals surface area contributed by atoms with Crippen LogP contribution in [-0.4, -0.2) is 151 Å². The Balaban J connectivity index is 0.00000123. The van der Waals surface area contributed by atoms with Crippen molar-refractivity contribution in [2.24, 2.45) is 25.9 Å². The molecule has 0 unspecified atom stereocenters. The molecule has 12 aromatic rings. The van der Waals surface area contributed by atoms with Gasteiger partial charge in [0.05, 0.1) is 52.9 Å². The van der Waals surface area contributed by atoms with Gasteiger partial charge in [-0.15, -0.1) is 49.5 Å². The van der Waals surface area contributed by atoms with E-state index in [-0.39, 0.29) is 322 Å². The molecule has 4 aromatic heterocycles. The molecule has 2 fully saturated rings. The van der Waals surface area contributed by atoms with Gasteiger partial charge in [-0.1, -0.05) is 82.9 Å². The summed E-state index contributed by atoms with van der Waals surface area (Å²) in [5.74, 6) is -1.06. The number of hydrogen-bond donors (Lipinski definition) is 5. The van der Waals surface area contributed by atoms with Crippen molar-refractivity contribution >= 4 is 142 Å². The number of benzene rings is 8. The predicted molar refractivity (Wildman–Crippen MR) is 442 cm³/mol. The van der Waals surface area contributed by atoms with Gasteiger partial charge in [0.1, 0.15) is 27.6 Å². The first-order valence-electron chi connectivity index (χ1n) is 37.6. The number of nitrogens with one attached hydrogen (secondary N) is 3. The van der Waals surface area contributed by atoms with Gasteiger partial charge in [-0.05, 0) is 128 Å². The molecule has 8 aromatic carbocycles. The van der Waals surface area contributed by atoms with E-state index in [4.69, 9.17) is 49.3 Å². The van der Waals surface area contributed by atoms with E-state index in [1.54, 1.807) is 79.8 Å². The number of nitrogen functional groups attached to an aromatic ring is 2. The van der Waals surface area contributed by atoms with E-state index in [0.29, 0.717) is 56.1 Å². The monoisotopic (exact) mass is 1950 g/mol. The van der Waals surface area contributed by atoms with Crippen LogP contribution in [0.3, 0.4) is 0 Å². The van der Waals surface area contributed by atoms with Gasteiger partial charge < -0.3 is 55.0 Å². The number of nitrogens with two attached hydrogens (primary N) is 2. The molecule has 4 aliphatic rings. The molecule has 49 heteroatoms. The molecule has 4 heterocycles. The van der Waals surface area contributed by atoms with Crippen molar-refractivity contribution in [2.75, 3.05) is 27.4 Å². The van der Waals surface area contributed by atoms with E-state index in [2.05, 4.69) is 64.1 Å². The zero-order chi connectivity index (χ0) is 90.0. The number of fused-ring (bicyclic) bond motifs is 4. The van der Waals surface area contributed by atoms with Crippen molar-refractivity contribution in [3.8, 4) is 22.3 Å². The van der Waals surface area contributed by atoms with E-state index in [9.17, 15) is 67.7 Å². The summed E-state index contributed by atoms with van der Waals surface area (Å²) in [6.07, 6.45) is 7.62. The van der Waals surface area contributed by atoms with Crippen molar-refractivity contribution in [2.45, 2.75) is 104 Å². The average Bonchev–Trinajstić information content (AvgIpc) is 0.710. The topological polar surface area (TPSA) is 603 Å². The largest absolute Gasteiger partial charge is 1.00 e. The van der Waals surface area contributed by atoms with E-state index >= 15 is 0 Å². The normalized spacial score (nSPS) is 14.9. The van der Waals surface area contributed by atoms with Crippen LogP contribution in [0.5, 0.6) is 0 Å². The van der Waals surface area contributed by atoms with Crippen molar-refractivity contribution in [3.63, 3.8) is 0 Å². The van der Waals surface area contributed by atoms with Gasteiger partial charge in [0.25, 0.3) is 11.1 Å². The maximum absolute atomic E-state index is 14.8. The van der Waals surface area contributed by atoms with Crippen molar-refractivity contribution in [1.82, 2.24) is 39.0 Å². The molecule has 16 rings (SSSR count). The second-order valence-corrected chi connectivity index (χ2v) is 34.7. The smallest absolute Gasteiger partial charge is 0.754 e. The number of aryl methyl sites for hydroxylation is 2. The molecule has 0 amide bonds. The van der Waals surface area contributed by atoms with E-state index in [1.807, 2.05) is 0 Å². The van der Waals surface area contributed by atoms with Crippen molar-refractivity contribution in [3.05, 3.63) is 263 Å². The SMILES string of the molecule is Cn1c(=O)c(C(=O)c2c[c-]ccc2)c2c3c(c(Cc4[c-]cc(S(=O)(=O)[O-])c(Cc5nc(N)nc(NC6CCC(CC7CCC(Nc8nc(N)nc(Cc9[c-]cc(S(=O)(=O)[O-])c(Nc%10ccc%11c%12c%10C(=O)c%10ccccc%10-c%12c(C(=O)c%10cccc(S(=O)(=O)[O-])c%10)c(=O)n%11C)c9)n8)CC7)CC6)n5)c4)ccc31)C(=O)c1ccccc1-2.O=S(=O)=O.O=S(=O)=O.O=S(=O)=O.[Na+].[Na+].[Na+].[Na+].[Na+].[Na+]. The third-order valence-electron chi connectivity index (χ3n) is 21.7. The third-order valence-corrected chi connectivity index (χ3v) is 24.3. The second-order valence-electron chi connectivity index (χ2n) is 29.4. The van der Waals surface area contributed by atoms with Gasteiger partial charge in [0.15, 0.2) is 17.3 Å². The van der Waals surface area contributed by atoms with Crippen LogP contribution in [0.25, 0.3) is 44.1 Å². The minimum absolute atomic E-state index is 0. The second kappa shape index (κ2) is 46.8. The first-order chi connectivity index (χ1) is 59.2. The first-order valence-corrected chi connectivity index (χ1v) is 44.8. The fourth-order valence-corrected chi connectivity index (χ4v) is 18.2. The maximum Gasteiger partial charge on any atom is 1.00 e. The van der Waals surface area contributed by atoms with Gasteiger partial charge in [-0.3, -0.25) is 40.8 Å². The Morgan fingerprint density at radius 3 is 1.36 bits per heavy atom. The Morgan fingerprint density at radius 1 is 0.450 bits per heavy atom. The van der Waals surface area contributed by atoms with Crippen LogP contribution >= 0.6 is 0 Å². The van der Waals surface area contributed by atoms with Crippen LogP contribution in [0, 0.1) is 30.0 Å². The van der Waals surface area contributed by atoms with E-state index in [0.717, 1.165) is 86.6 Å². The summed E-state index contributed by atoms with van der Waals surface area (Å²) in [5, 5.41) is 10.4. The summed E-state index contributed by atoms with van der Waals surface area (Å²) < 4.78 is 192. The molecule has 0 radical (unpaired) electrons. The molecular formula is C82H65N13Na6O24S6. The molecular weight excluding hydrogens is 1880 g/mol.